The van der Waals surface area contributed by atoms with Crippen LogP contribution in [0.15, 0.2) is 47.6 Å². The maximum Gasteiger partial charge on any atom is 0.176 e. The van der Waals surface area contributed by atoms with Crippen molar-refractivity contribution in [1.82, 2.24) is 15.0 Å². The fourth-order valence-corrected chi connectivity index (χ4v) is 4.98. The molecular weight excluding hydrogens is 481 g/mol. The second-order valence-corrected chi connectivity index (χ2v) is 9.50. The molecule has 12 heteroatoms. The zero-order valence-corrected chi connectivity index (χ0v) is 19.2. The van der Waals surface area contributed by atoms with Crippen LogP contribution in [0.2, 0.25) is 0 Å². The van der Waals surface area contributed by atoms with Crippen LogP contribution < -0.4 is 10.6 Å². The van der Waals surface area contributed by atoms with Crippen LogP contribution in [0.3, 0.4) is 0 Å². The van der Waals surface area contributed by atoms with E-state index < -0.39 is 27.3 Å². The summed E-state index contributed by atoms with van der Waals surface area (Å²) in [5.74, 6) is -2.84. The number of benzene rings is 2. The number of anilines is 3. The molecule has 2 aromatic heterocycles. The molecule has 8 nitrogen and oxygen atoms in total. The highest BCUT2D eigenvalue weighted by Gasteiger charge is 2.29. The Balaban J connectivity index is 2.24. The lowest BCUT2D eigenvalue weighted by molar-refractivity contribution is 0.583. The molecule has 0 spiro atoms. The third kappa shape index (κ3) is 4.33. The lowest BCUT2D eigenvalue weighted by Crippen LogP contribution is -2.23. The summed E-state index contributed by atoms with van der Waals surface area (Å²) in [6.07, 6.45) is 2.01. The molecule has 0 saturated heterocycles. The highest BCUT2D eigenvalue weighted by Crippen LogP contribution is 2.42. The Labute approximate surface area is 198 Å². The number of pyridine rings is 1. The van der Waals surface area contributed by atoms with E-state index in [-0.39, 0.29) is 56.5 Å². The molecule has 0 aliphatic rings. The van der Waals surface area contributed by atoms with Crippen molar-refractivity contribution in [3.63, 3.8) is 0 Å². The maximum atomic E-state index is 14.3. The van der Waals surface area contributed by atoms with Crippen molar-refractivity contribution in [3.05, 3.63) is 65.7 Å². The molecular formula is C23H17F3N6O2S. The molecule has 0 aliphatic heterocycles. The van der Waals surface area contributed by atoms with E-state index in [4.69, 9.17) is 5.73 Å². The number of rotatable bonds is 5. The molecule has 0 amide bonds. The van der Waals surface area contributed by atoms with Gasteiger partial charge in [-0.2, -0.15) is 5.26 Å². The van der Waals surface area contributed by atoms with Gasteiger partial charge in [0, 0.05) is 29.8 Å². The maximum absolute atomic E-state index is 14.3. The molecule has 4 rings (SSSR count). The van der Waals surface area contributed by atoms with Gasteiger partial charge >= 0.3 is 0 Å². The Kier molecular flexibility index (Phi) is 6.04. The van der Waals surface area contributed by atoms with Gasteiger partial charge in [0.2, 0.25) is 0 Å². The van der Waals surface area contributed by atoms with E-state index in [9.17, 15) is 26.9 Å². The highest BCUT2D eigenvalue weighted by molar-refractivity contribution is 7.91. The Morgan fingerprint density at radius 2 is 1.71 bits per heavy atom. The largest absolute Gasteiger partial charge is 0.382 e. The first-order chi connectivity index (χ1) is 16.5. The number of hydrogen-bond donors (Lipinski definition) is 1. The number of nitriles is 1. The van der Waals surface area contributed by atoms with Crippen molar-refractivity contribution in [2.24, 2.45) is 0 Å². The summed E-state index contributed by atoms with van der Waals surface area (Å²) in [6, 6.07) is 7.80. The van der Waals surface area contributed by atoms with Gasteiger partial charge in [0.1, 0.15) is 47.0 Å². The number of sulfone groups is 1. The number of nitrogens with zero attached hydrogens (tertiary/aromatic N) is 5. The van der Waals surface area contributed by atoms with Gasteiger partial charge in [-0.15, -0.1) is 0 Å². The molecule has 2 aromatic carbocycles. The standard InChI is InChI=1S/C23H17F3N6O2S/c1-3-32(22-17(10-27)21(28)29-11-30-22)23-19(12-6-14(25)8-15(26)7-12)20(35(2,33)34)16-9-13(24)4-5-18(16)31-23/h4-9,11H,3H2,1-2H3,(H2,28,29,30). The van der Waals surface area contributed by atoms with E-state index in [0.717, 1.165) is 36.8 Å². The third-order valence-electron chi connectivity index (χ3n) is 5.20. The van der Waals surface area contributed by atoms with Crippen LogP contribution in [0.4, 0.5) is 30.6 Å². The predicted molar refractivity (Wildman–Crippen MR) is 124 cm³/mol. The fourth-order valence-electron chi connectivity index (χ4n) is 3.83. The molecule has 0 fully saturated rings. The van der Waals surface area contributed by atoms with Crippen LogP contribution in [0.25, 0.3) is 22.0 Å². The van der Waals surface area contributed by atoms with E-state index >= 15 is 0 Å². The lowest BCUT2D eigenvalue weighted by Gasteiger charge is -2.26. The van der Waals surface area contributed by atoms with Crippen molar-refractivity contribution in [1.29, 1.82) is 5.26 Å². The summed E-state index contributed by atoms with van der Waals surface area (Å²) in [4.78, 5) is 13.4. The molecule has 0 bridgehead atoms. The van der Waals surface area contributed by atoms with Gasteiger partial charge in [-0.1, -0.05) is 0 Å². The summed E-state index contributed by atoms with van der Waals surface area (Å²) in [5, 5.41) is 9.57. The van der Waals surface area contributed by atoms with Crippen LogP contribution in [0, 0.1) is 28.8 Å². The lowest BCUT2D eigenvalue weighted by atomic mass is 10.0. The summed E-state index contributed by atoms with van der Waals surface area (Å²) in [7, 11) is -4.12. The fraction of sp³-hybridized carbons (Fsp3) is 0.130. The van der Waals surface area contributed by atoms with Gasteiger partial charge < -0.3 is 10.6 Å². The van der Waals surface area contributed by atoms with Gasteiger partial charge in [-0.05, 0) is 42.8 Å². The topological polar surface area (TPSA) is 126 Å². The van der Waals surface area contributed by atoms with Crippen LogP contribution in [0.1, 0.15) is 12.5 Å². The smallest absolute Gasteiger partial charge is 0.176 e. The van der Waals surface area contributed by atoms with Crippen molar-refractivity contribution in [2.75, 3.05) is 23.4 Å². The highest BCUT2D eigenvalue weighted by atomic mass is 32.2. The van der Waals surface area contributed by atoms with Gasteiger partial charge in [0.15, 0.2) is 15.7 Å². The monoisotopic (exact) mass is 498 g/mol. The first-order valence-electron chi connectivity index (χ1n) is 10.1. The van der Waals surface area contributed by atoms with E-state index in [1.807, 2.05) is 6.07 Å². The summed E-state index contributed by atoms with van der Waals surface area (Å²) in [5.41, 5.74) is 5.49. The number of halogens is 3. The van der Waals surface area contributed by atoms with Crippen molar-refractivity contribution >= 4 is 38.2 Å². The minimum Gasteiger partial charge on any atom is -0.382 e. The number of hydrogen-bond acceptors (Lipinski definition) is 8. The number of fused-ring (bicyclic) bond motifs is 1. The average Bonchev–Trinajstić information content (AvgIpc) is 2.77. The summed E-state index contributed by atoms with van der Waals surface area (Å²) in [6.45, 7) is 1.77. The Morgan fingerprint density at radius 3 is 2.31 bits per heavy atom. The van der Waals surface area contributed by atoms with Crippen molar-refractivity contribution < 1.29 is 21.6 Å². The van der Waals surface area contributed by atoms with Crippen LogP contribution in [-0.4, -0.2) is 36.2 Å². The number of nitrogen functional groups attached to an aromatic ring is 1. The van der Waals surface area contributed by atoms with E-state index in [1.54, 1.807) is 6.92 Å². The molecule has 178 valence electrons. The van der Waals surface area contributed by atoms with Gasteiger partial charge in [0.25, 0.3) is 0 Å². The molecule has 2 heterocycles. The van der Waals surface area contributed by atoms with Crippen LogP contribution in [0.5, 0.6) is 0 Å². The minimum atomic E-state index is -4.12. The zero-order valence-electron chi connectivity index (χ0n) is 18.4. The first-order valence-corrected chi connectivity index (χ1v) is 12.0. The van der Waals surface area contributed by atoms with E-state index in [2.05, 4.69) is 15.0 Å². The quantitative estimate of drug-likeness (QED) is 0.435. The van der Waals surface area contributed by atoms with E-state index in [0.29, 0.717) is 6.07 Å². The number of nitrogens with two attached hydrogens (primary N) is 1. The summed E-state index contributed by atoms with van der Waals surface area (Å²) >= 11 is 0. The Hall–Kier alpha value is -4.24. The first kappa shape index (κ1) is 23.9. The Bertz CT molecular complexity index is 1620. The van der Waals surface area contributed by atoms with Gasteiger partial charge in [-0.3, -0.25) is 0 Å². The second-order valence-electron chi connectivity index (χ2n) is 7.54. The molecule has 0 radical (unpaired) electrons. The minimum absolute atomic E-state index is 0.00837. The molecule has 0 unspecified atom stereocenters. The Morgan fingerprint density at radius 1 is 1.03 bits per heavy atom. The third-order valence-corrected chi connectivity index (χ3v) is 6.36. The van der Waals surface area contributed by atoms with Crippen LogP contribution in [-0.2, 0) is 9.84 Å². The normalized spacial score (nSPS) is 11.4. The van der Waals surface area contributed by atoms with Gasteiger partial charge in [0.05, 0.1) is 10.4 Å². The van der Waals surface area contributed by atoms with Gasteiger partial charge in [-0.25, -0.2) is 36.5 Å². The van der Waals surface area contributed by atoms with Crippen molar-refractivity contribution in [3.8, 4) is 17.2 Å². The number of aromatic nitrogens is 3. The summed E-state index contributed by atoms with van der Waals surface area (Å²) < 4.78 is 68.8. The molecule has 2 N–H and O–H groups in total. The van der Waals surface area contributed by atoms with Crippen LogP contribution >= 0.6 is 0 Å². The molecule has 0 saturated carbocycles. The second kappa shape index (κ2) is 8.84. The van der Waals surface area contributed by atoms with E-state index in [1.165, 1.54) is 11.0 Å². The predicted octanol–water partition coefficient (Wildman–Crippen LogP) is 4.12. The molecule has 35 heavy (non-hydrogen) atoms. The molecule has 4 aromatic rings. The SMILES string of the molecule is CCN(c1ncnc(N)c1C#N)c1nc2ccc(F)cc2c(S(C)(=O)=O)c1-c1cc(F)cc(F)c1. The average molecular weight is 498 g/mol. The van der Waals surface area contributed by atoms with Crippen molar-refractivity contribution in [2.45, 2.75) is 11.8 Å². The zero-order chi connectivity index (χ0) is 25.5. The molecule has 0 aliphatic carbocycles. The molecule has 0 atom stereocenters.